The fraction of sp³-hybridized carbons (Fsp3) is 0.867. The van der Waals surface area contributed by atoms with Crippen LogP contribution in [0.1, 0.15) is 82.0 Å². The molecule has 2 aliphatic carbocycles. The van der Waals surface area contributed by atoms with Gasteiger partial charge in [-0.05, 0) is 38.5 Å². The highest BCUT2D eigenvalue weighted by molar-refractivity contribution is 7.89. The van der Waals surface area contributed by atoms with Gasteiger partial charge in [-0.3, -0.25) is 0 Å². The Hall–Kier alpha value is -0.950. The molecule has 0 aromatic carbocycles. The van der Waals surface area contributed by atoms with Crippen LogP contribution in [-0.4, -0.2) is 24.3 Å². The number of hydrogen-bond donors (Lipinski definition) is 1. The van der Waals surface area contributed by atoms with Crippen molar-refractivity contribution >= 4 is 10.0 Å². The van der Waals surface area contributed by atoms with Gasteiger partial charge in [-0.25, -0.2) is 13.1 Å². The molecule has 3 rings (SSSR count). The molecule has 1 aromatic rings. The van der Waals surface area contributed by atoms with Crippen LogP contribution in [0.15, 0.2) is 4.52 Å². The number of aromatic nitrogens is 2. The number of sulfonamides is 1. The van der Waals surface area contributed by atoms with Crippen LogP contribution in [0.4, 0.5) is 0 Å². The molecule has 1 aromatic heterocycles. The van der Waals surface area contributed by atoms with Gasteiger partial charge >= 0.3 is 0 Å². The van der Waals surface area contributed by atoms with Crippen molar-refractivity contribution < 1.29 is 12.9 Å². The molecular weight excluding hydrogens is 302 g/mol. The topological polar surface area (TPSA) is 85.1 Å². The summed E-state index contributed by atoms with van der Waals surface area (Å²) >= 11 is 0. The Balaban J connectivity index is 1.59. The van der Waals surface area contributed by atoms with Crippen molar-refractivity contribution in [2.45, 2.75) is 70.3 Å². The van der Waals surface area contributed by atoms with Gasteiger partial charge in [0.1, 0.15) is 0 Å². The third kappa shape index (κ3) is 3.87. The van der Waals surface area contributed by atoms with Crippen LogP contribution in [0.3, 0.4) is 0 Å². The zero-order chi connectivity index (χ0) is 15.6. The molecule has 6 nitrogen and oxygen atoms in total. The van der Waals surface area contributed by atoms with Crippen LogP contribution >= 0.6 is 0 Å². The van der Waals surface area contributed by atoms with E-state index in [2.05, 4.69) is 14.9 Å². The summed E-state index contributed by atoms with van der Waals surface area (Å²) in [5.74, 6) is 1.98. The molecule has 0 radical (unpaired) electrons. The van der Waals surface area contributed by atoms with Crippen LogP contribution in [0.25, 0.3) is 0 Å². The second kappa shape index (κ2) is 6.66. The highest BCUT2D eigenvalue weighted by Crippen LogP contribution is 2.32. The van der Waals surface area contributed by atoms with Crippen molar-refractivity contribution in [3.63, 3.8) is 0 Å². The molecule has 0 unspecified atom stereocenters. The first-order valence-electron chi connectivity index (χ1n) is 8.37. The number of nitrogens with zero attached hydrogens (tertiary/aromatic N) is 2. The highest BCUT2D eigenvalue weighted by atomic mass is 32.2. The van der Waals surface area contributed by atoms with Crippen molar-refractivity contribution in [2.24, 2.45) is 5.92 Å². The molecule has 1 N–H and O–H groups in total. The molecule has 2 fully saturated rings. The molecule has 0 saturated heterocycles. The van der Waals surface area contributed by atoms with E-state index >= 15 is 0 Å². The van der Waals surface area contributed by atoms with Gasteiger partial charge in [0.2, 0.25) is 15.9 Å². The lowest BCUT2D eigenvalue weighted by Crippen LogP contribution is -2.31. The smallest absolute Gasteiger partial charge is 0.244 e. The predicted octanol–water partition coefficient (Wildman–Crippen LogP) is 2.90. The summed E-state index contributed by atoms with van der Waals surface area (Å²) in [4.78, 5) is 4.40. The van der Waals surface area contributed by atoms with E-state index in [9.17, 15) is 8.42 Å². The SMILES string of the molecule is C[C@H](NS(=O)(=O)CC1CCCC1)c1nc(C2CCCC2)no1. The van der Waals surface area contributed by atoms with E-state index in [0.29, 0.717) is 17.7 Å². The summed E-state index contributed by atoms with van der Waals surface area (Å²) in [7, 11) is -3.30. The molecule has 2 aliphatic rings. The first-order valence-corrected chi connectivity index (χ1v) is 10.0. The van der Waals surface area contributed by atoms with E-state index in [4.69, 9.17) is 4.52 Å². The summed E-state index contributed by atoms with van der Waals surface area (Å²) in [5, 5.41) is 4.03. The Morgan fingerprint density at radius 1 is 1.18 bits per heavy atom. The zero-order valence-corrected chi connectivity index (χ0v) is 13.9. The number of rotatable bonds is 6. The summed E-state index contributed by atoms with van der Waals surface area (Å²) in [6.07, 6.45) is 8.93. The van der Waals surface area contributed by atoms with E-state index in [1.807, 2.05) is 0 Å². The Bertz CT molecular complexity index is 587. The normalized spacial score (nSPS) is 22.4. The number of hydrogen-bond acceptors (Lipinski definition) is 5. The Morgan fingerprint density at radius 3 is 2.50 bits per heavy atom. The van der Waals surface area contributed by atoms with Gasteiger partial charge in [0.25, 0.3) is 0 Å². The maximum atomic E-state index is 12.2. The van der Waals surface area contributed by atoms with Gasteiger partial charge in [0.15, 0.2) is 5.82 Å². The molecule has 0 amide bonds. The maximum Gasteiger partial charge on any atom is 0.244 e. The second-order valence-electron chi connectivity index (χ2n) is 6.74. The lowest BCUT2D eigenvalue weighted by atomic mass is 10.1. The molecule has 124 valence electrons. The van der Waals surface area contributed by atoms with Crippen molar-refractivity contribution in [3.05, 3.63) is 11.7 Å². The molecule has 7 heteroatoms. The third-order valence-electron chi connectivity index (χ3n) is 4.83. The van der Waals surface area contributed by atoms with Gasteiger partial charge in [-0.1, -0.05) is 30.8 Å². The van der Waals surface area contributed by atoms with Crippen LogP contribution in [-0.2, 0) is 10.0 Å². The molecule has 2 saturated carbocycles. The lowest BCUT2D eigenvalue weighted by molar-refractivity contribution is 0.347. The summed E-state index contributed by atoms with van der Waals surface area (Å²) in [6, 6.07) is -0.464. The monoisotopic (exact) mass is 327 g/mol. The number of nitrogens with one attached hydrogen (secondary N) is 1. The average Bonchev–Trinajstić information content (AvgIpc) is 3.20. The lowest BCUT2D eigenvalue weighted by Gasteiger charge is -2.13. The summed E-state index contributed by atoms with van der Waals surface area (Å²) in [6.45, 7) is 1.76. The van der Waals surface area contributed by atoms with Gasteiger partial charge in [0, 0.05) is 5.92 Å². The van der Waals surface area contributed by atoms with E-state index in [1.54, 1.807) is 6.92 Å². The third-order valence-corrected chi connectivity index (χ3v) is 6.46. The Kier molecular flexibility index (Phi) is 4.82. The van der Waals surface area contributed by atoms with Gasteiger partial charge in [-0.15, -0.1) is 0 Å². The summed E-state index contributed by atoms with van der Waals surface area (Å²) in [5.41, 5.74) is 0. The summed E-state index contributed by atoms with van der Waals surface area (Å²) < 4.78 is 32.4. The molecule has 1 heterocycles. The molecule has 0 bridgehead atoms. The first kappa shape index (κ1) is 15.9. The second-order valence-corrected chi connectivity index (χ2v) is 8.54. The van der Waals surface area contributed by atoms with E-state index in [1.165, 1.54) is 12.8 Å². The standard InChI is InChI=1S/C15H25N3O3S/c1-11(18-22(19,20)10-12-6-2-3-7-12)15-16-14(17-21-15)13-8-4-5-9-13/h11-13,18H,2-10H2,1H3/t11-/m0/s1. The van der Waals surface area contributed by atoms with Gasteiger partial charge < -0.3 is 4.52 Å². The Morgan fingerprint density at radius 2 is 1.82 bits per heavy atom. The van der Waals surface area contributed by atoms with E-state index in [0.717, 1.165) is 44.3 Å². The fourth-order valence-corrected chi connectivity index (χ4v) is 5.32. The molecule has 0 aliphatic heterocycles. The minimum Gasteiger partial charge on any atom is -0.338 e. The molecule has 22 heavy (non-hydrogen) atoms. The minimum atomic E-state index is -3.30. The highest BCUT2D eigenvalue weighted by Gasteiger charge is 2.27. The Labute approximate surface area is 132 Å². The largest absolute Gasteiger partial charge is 0.338 e. The van der Waals surface area contributed by atoms with Crippen LogP contribution in [0.2, 0.25) is 0 Å². The van der Waals surface area contributed by atoms with Crippen LogP contribution in [0, 0.1) is 5.92 Å². The van der Waals surface area contributed by atoms with Crippen molar-refractivity contribution in [1.82, 2.24) is 14.9 Å². The van der Waals surface area contributed by atoms with Crippen molar-refractivity contribution in [3.8, 4) is 0 Å². The van der Waals surface area contributed by atoms with Crippen LogP contribution < -0.4 is 4.72 Å². The predicted molar refractivity (Wildman–Crippen MR) is 82.8 cm³/mol. The van der Waals surface area contributed by atoms with Gasteiger partial charge in [-0.2, -0.15) is 4.98 Å². The molecule has 1 atom stereocenters. The van der Waals surface area contributed by atoms with Gasteiger partial charge in [0.05, 0.1) is 11.8 Å². The quantitative estimate of drug-likeness (QED) is 0.868. The molecule has 0 spiro atoms. The van der Waals surface area contributed by atoms with Crippen molar-refractivity contribution in [2.75, 3.05) is 5.75 Å². The average molecular weight is 327 g/mol. The minimum absolute atomic E-state index is 0.209. The first-order chi connectivity index (χ1) is 10.5. The maximum absolute atomic E-state index is 12.2. The van der Waals surface area contributed by atoms with Crippen molar-refractivity contribution in [1.29, 1.82) is 0 Å². The fourth-order valence-electron chi connectivity index (χ4n) is 3.63. The zero-order valence-electron chi connectivity index (χ0n) is 13.1. The molecular formula is C15H25N3O3S. The van der Waals surface area contributed by atoms with E-state index < -0.39 is 16.1 Å². The van der Waals surface area contributed by atoms with E-state index in [-0.39, 0.29) is 5.75 Å². The van der Waals surface area contributed by atoms with Crippen LogP contribution in [0.5, 0.6) is 0 Å².